The molecule has 0 fully saturated rings. The van der Waals surface area contributed by atoms with Gasteiger partial charge in [0.25, 0.3) is 5.56 Å². The molecule has 2 heterocycles. The minimum absolute atomic E-state index is 0.165. The van der Waals surface area contributed by atoms with E-state index >= 15 is 0 Å². The van der Waals surface area contributed by atoms with Crippen LogP contribution >= 0.6 is 0 Å². The molecule has 0 bridgehead atoms. The standard InChI is InChI=1S/C24H26N4O5/c1-32-20-11-17-18(12-21(20)33-2)26-14-27(24(17)31)9-5-8-22(29)28-13-16-7-4-3-6-15(16)10-19(28)23(25)30/h3-4,6-7,11-12,14,19H,5,8-10,13H2,1-2H3,(H2,25,30). The molecule has 9 heteroatoms. The topological polar surface area (TPSA) is 117 Å². The smallest absolute Gasteiger partial charge is 0.261 e. The van der Waals surface area contributed by atoms with Crippen molar-refractivity contribution in [2.24, 2.45) is 5.73 Å². The summed E-state index contributed by atoms with van der Waals surface area (Å²) in [5, 5.41) is 0.405. The molecule has 1 aliphatic rings. The fraction of sp³-hybridized carbons (Fsp3) is 0.333. The lowest BCUT2D eigenvalue weighted by atomic mass is 9.93. The molecule has 4 rings (SSSR count). The Labute approximate surface area is 190 Å². The van der Waals surface area contributed by atoms with E-state index in [1.165, 1.54) is 25.1 Å². The summed E-state index contributed by atoms with van der Waals surface area (Å²) in [5.41, 5.74) is 7.91. The molecule has 3 aromatic rings. The minimum Gasteiger partial charge on any atom is -0.493 e. The molecule has 2 aromatic carbocycles. The molecular formula is C24H26N4O5. The summed E-state index contributed by atoms with van der Waals surface area (Å²) in [7, 11) is 3.02. The van der Waals surface area contributed by atoms with Crippen LogP contribution < -0.4 is 20.8 Å². The molecule has 2 N–H and O–H groups in total. The number of aryl methyl sites for hydroxylation is 1. The number of fused-ring (bicyclic) bond motifs is 2. The van der Waals surface area contributed by atoms with Crippen molar-refractivity contribution in [3.8, 4) is 11.5 Å². The van der Waals surface area contributed by atoms with Crippen molar-refractivity contribution in [2.45, 2.75) is 38.4 Å². The number of ether oxygens (including phenoxy) is 2. The van der Waals surface area contributed by atoms with Gasteiger partial charge in [0.2, 0.25) is 11.8 Å². The number of nitrogens with zero attached hydrogens (tertiary/aromatic N) is 3. The molecule has 0 spiro atoms. The van der Waals surface area contributed by atoms with Crippen LogP contribution in [0.15, 0.2) is 47.5 Å². The molecule has 0 aliphatic carbocycles. The number of hydrogen-bond acceptors (Lipinski definition) is 6. The summed E-state index contributed by atoms with van der Waals surface area (Å²) in [6, 6.07) is 10.3. The first-order valence-corrected chi connectivity index (χ1v) is 10.7. The Kier molecular flexibility index (Phi) is 6.30. The maximum absolute atomic E-state index is 12.9. The Morgan fingerprint density at radius 1 is 1.12 bits per heavy atom. The van der Waals surface area contributed by atoms with E-state index in [1.807, 2.05) is 24.3 Å². The molecule has 2 amide bonds. The van der Waals surface area contributed by atoms with Crippen LogP contribution in [0.3, 0.4) is 0 Å². The zero-order valence-electron chi connectivity index (χ0n) is 18.6. The number of nitrogens with two attached hydrogens (primary N) is 1. The quantitative estimate of drug-likeness (QED) is 0.585. The molecular weight excluding hydrogens is 424 g/mol. The molecule has 1 aliphatic heterocycles. The number of hydrogen-bond donors (Lipinski definition) is 1. The summed E-state index contributed by atoms with van der Waals surface area (Å²) >= 11 is 0. The van der Waals surface area contributed by atoms with E-state index in [4.69, 9.17) is 15.2 Å². The van der Waals surface area contributed by atoms with Crippen LogP contribution in [0.25, 0.3) is 10.9 Å². The van der Waals surface area contributed by atoms with Crippen LogP contribution in [0.1, 0.15) is 24.0 Å². The van der Waals surface area contributed by atoms with Gasteiger partial charge in [-0.3, -0.25) is 19.0 Å². The van der Waals surface area contributed by atoms with E-state index in [0.29, 0.717) is 48.3 Å². The van der Waals surface area contributed by atoms with E-state index < -0.39 is 11.9 Å². The lowest BCUT2D eigenvalue weighted by molar-refractivity contribution is -0.140. The van der Waals surface area contributed by atoms with Gasteiger partial charge in [-0.2, -0.15) is 0 Å². The highest BCUT2D eigenvalue weighted by molar-refractivity contribution is 5.87. The van der Waals surface area contributed by atoms with Crippen LogP contribution in [0.2, 0.25) is 0 Å². The first-order chi connectivity index (χ1) is 15.9. The summed E-state index contributed by atoms with van der Waals surface area (Å²) in [6.45, 7) is 0.662. The van der Waals surface area contributed by atoms with Crippen LogP contribution in [0.4, 0.5) is 0 Å². The predicted molar refractivity (Wildman–Crippen MR) is 122 cm³/mol. The Hall–Kier alpha value is -3.88. The van der Waals surface area contributed by atoms with Gasteiger partial charge in [-0.25, -0.2) is 4.98 Å². The highest BCUT2D eigenvalue weighted by Crippen LogP contribution is 2.30. The maximum Gasteiger partial charge on any atom is 0.261 e. The van der Waals surface area contributed by atoms with E-state index in [0.717, 1.165) is 11.1 Å². The maximum atomic E-state index is 12.9. The number of benzene rings is 2. The second kappa shape index (κ2) is 9.32. The SMILES string of the molecule is COc1cc2ncn(CCCC(=O)N3Cc4ccccc4CC3C(N)=O)c(=O)c2cc1OC. The molecule has 0 saturated carbocycles. The lowest BCUT2D eigenvalue weighted by Crippen LogP contribution is -2.51. The van der Waals surface area contributed by atoms with Crippen LogP contribution in [-0.4, -0.2) is 46.5 Å². The zero-order chi connectivity index (χ0) is 23.5. The average molecular weight is 450 g/mol. The van der Waals surface area contributed by atoms with E-state index in [2.05, 4.69) is 4.98 Å². The van der Waals surface area contributed by atoms with Gasteiger partial charge in [0, 0.05) is 32.0 Å². The summed E-state index contributed by atoms with van der Waals surface area (Å²) in [4.78, 5) is 43.8. The van der Waals surface area contributed by atoms with Crippen molar-refractivity contribution in [1.82, 2.24) is 14.5 Å². The van der Waals surface area contributed by atoms with Gasteiger partial charge < -0.3 is 20.1 Å². The highest BCUT2D eigenvalue weighted by Gasteiger charge is 2.32. The number of methoxy groups -OCH3 is 2. The first kappa shape index (κ1) is 22.3. The largest absolute Gasteiger partial charge is 0.493 e. The van der Waals surface area contributed by atoms with Crippen molar-refractivity contribution >= 4 is 22.7 Å². The number of amides is 2. The molecule has 1 aromatic heterocycles. The molecule has 0 radical (unpaired) electrons. The van der Waals surface area contributed by atoms with E-state index in [1.54, 1.807) is 17.0 Å². The van der Waals surface area contributed by atoms with Crippen LogP contribution in [0.5, 0.6) is 11.5 Å². The Balaban J connectivity index is 1.47. The van der Waals surface area contributed by atoms with Crippen LogP contribution in [0, 0.1) is 0 Å². The van der Waals surface area contributed by atoms with Gasteiger partial charge in [0.05, 0.1) is 31.4 Å². The summed E-state index contributed by atoms with van der Waals surface area (Å²) in [5.74, 6) is 0.255. The lowest BCUT2D eigenvalue weighted by Gasteiger charge is -2.35. The third-order valence-corrected chi connectivity index (χ3v) is 6.02. The normalized spacial score (nSPS) is 15.2. The second-order valence-corrected chi connectivity index (χ2v) is 7.98. The second-order valence-electron chi connectivity index (χ2n) is 7.98. The van der Waals surface area contributed by atoms with Gasteiger partial charge in [-0.05, 0) is 23.6 Å². The monoisotopic (exact) mass is 450 g/mol. The number of rotatable bonds is 7. The average Bonchev–Trinajstić information content (AvgIpc) is 2.83. The summed E-state index contributed by atoms with van der Waals surface area (Å²) in [6.07, 6.45) is 2.48. The molecule has 1 atom stereocenters. The highest BCUT2D eigenvalue weighted by atomic mass is 16.5. The van der Waals surface area contributed by atoms with E-state index in [-0.39, 0.29) is 17.9 Å². The number of primary amides is 1. The van der Waals surface area contributed by atoms with Crippen molar-refractivity contribution in [3.63, 3.8) is 0 Å². The molecule has 9 nitrogen and oxygen atoms in total. The number of carbonyl (C=O) groups excluding carboxylic acids is 2. The fourth-order valence-corrected chi connectivity index (χ4v) is 4.23. The third-order valence-electron chi connectivity index (χ3n) is 6.02. The van der Waals surface area contributed by atoms with Crippen molar-refractivity contribution < 1.29 is 19.1 Å². The minimum atomic E-state index is -0.667. The van der Waals surface area contributed by atoms with Gasteiger partial charge in [-0.15, -0.1) is 0 Å². The predicted octanol–water partition coefficient (Wildman–Crippen LogP) is 1.63. The van der Waals surface area contributed by atoms with E-state index in [9.17, 15) is 14.4 Å². The molecule has 0 saturated heterocycles. The summed E-state index contributed by atoms with van der Waals surface area (Å²) < 4.78 is 12.0. The van der Waals surface area contributed by atoms with Gasteiger partial charge >= 0.3 is 0 Å². The van der Waals surface area contributed by atoms with Crippen molar-refractivity contribution in [3.05, 3.63) is 64.2 Å². The molecule has 172 valence electrons. The van der Waals surface area contributed by atoms with Gasteiger partial charge in [-0.1, -0.05) is 24.3 Å². The number of aromatic nitrogens is 2. The van der Waals surface area contributed by atoms with Crippen molar-refractivity contribution in [2.75, 3.05) is 14.2 Å². The van der Waals surface area contributed by atoms with Crippen molar-refractivity contribution in [1.29, 1.82) is 0 Å². The molecule has 1 unspecified atom stereocenters. The zero-order valence-corrected chi connectivity index (χ0v) is 18.6. The van der Waals surface area contributed by atoms with Gasteiger partial charge in [0.15, 0.2) is 11.5 Å². The Morgan fingerprint density at radius 2 is 1.82 bits per heavy atom. The third kappa shape index (κ3) is 4.39. The van der Waals surface area contributed by atoms with Gasteiger partial charge in [0.1, 0.15) is 6.04 Å². The molecule has 33 heavy (non-hydrogen) atoms. The Bertz CT molecular complexity index is 1270. The Morgan fingerprint density at radius 3 is 2.52 bits per heavy atom. The number of carbonyl (C=O) groups is 2. The fourth-order valence-electron chi connectivity index (χ4n) is 4.23. The first-order valence-electron chi connectivity index (χ1n) is 10.7. The van der Waals surface area contributed by atoms with Crippen LogP contribution in [-0.2, 0) is 29.1 Å².